The second-order valence-corrected chi connectivity index (χ2v) is 8.09. The van der Waals surface area contributed by atoms with Gasteiger partial charge in [-0.3, -0.25) is 9.69 Å². The molecule has 0 aliphatic carbocycles. The summed E-state index contributed by atoms with van der Waals surface area (Å²) >= 11 is 0. The molecular weight excluding hydrogens is 302 g/mol. The van der Waals surface area contributed by atoms with Crippen LogP contribution in [0.1, 0.15) is 52.4 Å². The average Bonchev–Trinajstić information content (AvgIpc) is 3.01. The molecular formula is C19H35N3O2. The molecule has 0 unspecified atom stereocenters. The van der Waals surface area contributed by atoms with E-state index in [9.17, 15) is 4.79 Å². The number of ether oxygens (including phenoxy) is 1. The van der Waals surface area contributed by atoms with Crippen molar-refractivity contribution in [3.05, 3.63) is 0 Å². The van der Waals surface area contributed by atoms with Gasteiger partial charge >= 0.3 is 0 Å². The number of hydrogen-bond acceptors (Lipinski definition) is 4. The van der Waals surface area contributed by atoms with Crippen LogP contribution in [0.4, 0.5) is 0 Å². The number of carbonyl (C=O) groups is 1. The number of piperidine rings is 1. The van der Waals surface area contributed by atoms with E-state index in [0.717, 1.165) is 58.0 Å². The van der Waals surface area contributed by atoms with E-state index >= 15 is 0 Å². The fraction of sp³-hybridized carbons (Fsp3) is 0.947. The van der Waals surface area contributed by atoms with Gasteiger partial charge in [-0.05, 0) is 65.0 Å². The van der Waals surface area contributed by atoms with Gasteiger partial charge in [-0.25, -0.2) is 0 Å². The Bertz CT molecular complexity index is 401. The van der Waals surface area contributed by atoms with E-state index in [2.05, 4.69) is 29.0 Å². The number of nitrogens with one attached hydrogen (secondary N) is 1. The monoisotopic (exact) mass is 337 g/mol. The van der Waals surface area contributed by atoms with Crippen LogP contribution in [-0.4, -0.2) is 73.2 Å². The van der Waals surface area contributed by atoms with Gasteiger partial charge in [0, 0.05) is 38.6 Å². The van der Waals surface area contributed by atoms with Crippen molar-refractivity contribution in [2.75, 3.05) is 39.3 Å². The topological polar surface area (TPSA) is 44.8 Å². The molecule has 138 valence electrons. The van der Waals surface area contributed by atoms with Crippen LogP contribution in [0.2, 0.25) is 0 Å². The molecule has 0 aromatic heterocycles. The molecule has 24 heavy (non-hydrogen) atoms. The smallest absolute Gasteiger partial charge is 0.222 e. The third-order valence-electron chi connectivity index (χ3n) is 5.89. The van der Waals surface area contributed by atoms with Gasteiger partial charge in [-0.1, -0.05) is 0 Å². The van der Waals surface area contributed by atoms with E-state index in [1.54, 1.807) is 0 Å². The molecule has 0 aromatic carbocycles. The first-order chi connectivity index (χ1) is 11.6. The maximum atomic E-state index is 12.7. The standard InChI is InChI=1S/C19H35N3O2/c1-15-12-21(13-16(2)24-15)14-18-4-3-11-22(18)19(23)6-5-17-7-9-20-10-8-17/h15-18,20H,3-14H2,1-2H3/t15-,16-,18+/m1/s1. The first-order valence-corrected chi connectivity index (χ1v) is 10.00. The first kappa shape index (κ1) is 18.2. The highest BCUT2D eigenvalue weighted by Crippen LogP contribution is 2.24. The highest BCUT2D eigenvalue weighted by atomic mass is 16.5. The summed E-state index contributed by atoms with van der Waals surface area (Å²) in [6, 6.07) is 0.419. The zero-order chi connectivity index (χ0) is 16.9. The minimum absolute atomic E-state index is 0.305. The van der Waals surface area contributed by atoms with Gasteiger partial charge in [0.1, 0.15) is 0 Å². The van der Waals surface area contributed by atoms with Crippen LogP contribution in [0.15, 0.2) is 0 Å². The zero-order valence-electron chi connectivity index (χ0n) is 15.5. The fourth-order valence-corrected chi connectivity index (χ4v) is 4.73. The molecule has 3 aliphatic heterocycles. The maximum Gasteiger partial charge on any atom is 0.222 e. The van der Waals surface area contributed by atoms with Crippen LogP contribution in [-0.2, 0) is 9.53 Å². The van der Waals surface area contributed by atoms with Crippen molar-refractivity contribution in [1.82, 2.24) is 15.1 Å². The molecule has 0 aromatic rings. The van der Waals surface area contributed by atoms with Crippen molar-refractivity contribution in [3.8, 4) is 0 Å². The highest BCUT2D eigenvalue weighted by Gasteiger charge is 2.32. The SMILES string of the molecule is C[C@@H]1CN(C[C@@H]2CCCN2C(=O)CCC2CCNCC2)C[C@@H](C)O1. The van der Waals surface area contributed by atoms with Crippen LogP contribution in [0.5, 0.6) is 0 Å². The molecule has 3 saturated heterocycles. The van der Waals surface area contributed by atoms with Gasteiger partial charge in [0.2, 0.25) is 5.91 Å². The van der Waals surface area contributed by atoms with Gasteiger partial charge < -0.3 is 15.0 Å². The van der Waals surface area contributed by atoms with Gasteiger partial charge in [-0.15, -0.1) is 0 Å². The Kier molecular flexibility index (Phi) is 6.53. The van der Waals surface area contributed by atoms with E-state index in [4.69, 9.17) is 4.74 Å². The predicted molar refractivity (Wildman–Crippen MR) is 96.0 cm³/mol. The quantitative estimate of drug-likeness (QED) is 0.832. The first-order valence-electron chi connectivity index (χ1n) is 10.00. The second-order valence-electron chi connectivity index (χ2n) is 8.09. The summed E-state index contributed by atoms with van der Waals surface area (Å²) < 4.78 is 5.83. The average molecular weight is 338 g/mol. The normalized spacial score (nSPS) is 33.1. The molecule has 3 fully saturated rings. The maximum absolute atomic E-state index is 12.7. The summed E-state index contributed by atoms with van der Waals surface area (Å²) in [5, 5.41) is 3.41. The summed E-state index contributed by atoms with van der Waals surface area (Å²) in [4.78, 5) is 17.4. The largest absolute Gasteiger partial charge is 0.373 e. The van der Waals surface area contributed by atoms with Crippen LogP contribution in [0.3, 0.4) is 0 Å². The van der Waals surface area contributed by atoms with Gasteiger partial charge in [-0.2, -0.15) is 0 Å². The Hall–Kier alpha value is -0.650. The molecule has 5 heteroatoms. The lowest BCUT2D eigenvalue weighted by molar-refractivity contribution is -0.133. The molecule has 5 nitrogen and oxygen atoms in total. The molecule has 3 rings (SSSR count). The summed E-state index contributed by atoms with van der Waals surface area (Å²) in [6.45, 7) is 10.5. The Labute approximate surface area is 147 Å². The number of likely N-dealkylation sites (tertiary alicyclic amines) is 1. The van der Waals surface area contributed by atoms with Crippen molar-refractivity contribution in [1.29, 1.82) is 0 Å². The number of amides is 1. The van der Waals surface area contributed by atoms with Crippen LogP contribution in [0, 0.1) is 5.92 Å². The molecule has 0 bridgehead atoms. The van der Waals surface area contributed by atoms with Gasteiger partial charge in [0.05, 0.1) is 12.2 Å². The van der Waals surface area contributed by atoms with E-state index in [0.29, 0.717) is 24.2 Å². The molecule has 1 amide bonds. The number of carbonyl (C=O) groups excluding carboxylic acids is 1. The van der Waals surface area contributed by atoms with Crippen LogP contribution < -0.4 is 5.32 Å². The van der Waals surface area contributed by atoms with Crippen molar-refractivity contribution >= 4 is 5.91 Å². The lowest BCUT2D eigenvalue weighted by Crippen LogP contribution is -2.51. The third-order valence-corrected chi connectivity index (χ3v) is 5.89. The summed E-state index contributed by atoms with van der Waals surface area (Å²) in [7, 11) is 0. The highest BCUT2D eigenvalue weighted by molar-refractivity contribution is 5.76. The summed E-state index contributed by atoms with van der Waals surface area (Å²) in [5.41, 5.74) is 0. The van der Waals surface area contributed by atoms with E-state index < -0.39 is 0 Å². The molecule has 3 heterocycles. The number of morpholine rings is 1. The van der Waals surface area contributed by atoms with Crippen LogP contribution >= 0.6 is 0 Å². The van der Waals surface area contributed by atoms with Crippen molar-refractivity contribution < 1.29 is 9.53 Å². The van der Waals surface area contributed by atoms with E-state index in [1.165, 1.54) is 25.7 Å². The van der Waals surface area contributed by atoms with E-state index in [1.807, 2.05) is 0 Å². The number of hydrogen-bond donors (Lipinski definition) is 1. The van der Waals surface area contributed by atoms with Gasteiger partial charge in [0.25, 0.3) is 0 Å². The van der Waals surface area contributed by atoms with Crippen molar-refractivity contribution in [3.63, 3.8) is 0 Å². The minimum atomic E-state index is 0.305. The third kappa shape index (κ3) is 4.93. The molecule has 1 N–H and O–H groups in total. The lowest BCUT2D eigenvalue weighted by atomic mass is 9.93. The Balaban J connectivity index is 1.46. The lowest BCUT2D eigenvalue weighted by Gasteiger charge is -2.38. The van der Waals surface area contributed by atoms with Crippen molar-refractivity contribution in [2.24, 2.45) is 5.92 Å². The van der Waals surface area contributed by atoms with Crippen molar-refractivity contribution in [2.45, 2.75) is 70.6 Å². The minimum Gasteiger partial charge on any atom is -0.373 e. The predicted octanol–water partition coefficient (Wildman–Crippen LogP) is 1.87. The van der Waals surface area contributed by atoms with E-state index in [-0.39, 0.29) is 0 Å². The second kappa shape index (κ2) is 8.63. The molecule has 3 atom stereocenters. The molecule has 0 radical (unpaired) electrons. The fourth-order valence-electron chi connectivity index (χ4n) is 4.73. The Morgan fingerprint density at radius 3 is 2.54 bits per heavy atom. The molecule has 3 aliphatic rings. The summed E-state index contributed by atoms with van der Waals surface area (Å²) in [5.74, 6) is 1.14. The molecule has 0 spiro atoms. The Morgan fingerprint density at radius 1 is 1.12 bits per heavy atom. The number of nitrogens with zero attached hydrogens (tertiary/aromatic N) is 2. The zero-order valence-corrected chi connectivity index (χ0v) is 15.5. The number of rotatable bonds is 5. The summed E-state index contributed by atoms with van der Waals surface area (Å²) in [6.07, 6.45) is 7.24. The van der Waals surface area contributed by atoms with Crippen LogP contribution in [0.25, 0.3) is 0 Å². The van der Waals surface area contributed by atoms with Gasteiger partial charge in [0.15, 0.2) is 0 Å². The molecule has 0 saturated carbocycles. The Morgan fingerprint density at radius 2 is 1.83 bits per heavy atom.